The van der Waals surface area contributed by atoms with E-state index in [1.165, 1.54) is 12.1 Å². The predicted octanol–water partition coefficient (Wildman–Crippen LogP) is 7.88. The molecule has 0 radical (unpaired) electrons. The van der Waals surface area contributed by atoms with Crippen LogP contribution in [-0.4, -0.2) is 100 Å². The van der Waals surface area contributed by atoms with E-state index >= 15 is 0 Å². The summed E-state index contributed by atoms with van der Waals surface area (Å²) in [5, 5.41) is 31.7. The van der Waals surface area contributed by atoms with Gasteiger partial charge in [-0.2, -0.15) is 13.0 Å². The van der Waals surface area contributed by atoms with Crippen molar-refractivity contribution >= 4 is 80.9 Å². The third kappa shape index (κ3) is 14.6. The summed E-state index contributed by atoms with van der Waals surface area (Å²) >= 11 is 1.78. The lowest BCUT2D eigenvalue weighted by Crippen LogP contribution is -2.34. The molecule has 0 aromatic heterocycles. The average molecular weight is 1060 g/mol. The Morgan fingerprint density at radius 2 is 1.53 bits per heavy atom. The van der Waals surface area contributed by atoms with Crippen molar-refractivity contribution in [2.75, 3.05) is 36.8 Å². The maximum atomic E-state index is 12.8. The molecule has 1 fully saturated rings. The summed E-state index contributed by atoms with van der Waals surface area (Å²) in [4.78, 5) is 69.9. The number of benzene rings is 2. The van der Waals surface area contributed by atoms with Crippen molar-refractivity contribution in [3.8, 4) is 0 Å². The number of carbonyl (C=O) groups is 5. The molecule has 4 aliphatic heterocycles. The Kier molecular flexibility index (Phi) is 21.0. The molecule has 0 bridgehead atoms. The van der Waals surface area contributed by atoms with Crippen LogP contribution in [0, 0.1) is 0 Å². The van der Waals surface area contributed by atoms with Crippen LogP contribution >= 0.6 is 24.1 Å². The number of hydrogen-bond acceptors (Lipinski definition) is 17. The summed E-state index contributed by atoms with van der Waals surface area (Å²) in [6, 6.07) is 10.4. The molecule has 0 spiro atoms. The van der Waals surface area contributed by atoms with Crippen LogP contribution in [0.5, 0.6) is 0 Å². The van der Waals surface area contributed by atoms with Gasteiger partial charge in [0.2, 0.25) is 17.5 Å². The van der Waals surface area contributed by atoms with E-state index in [9.17, 15) is 36.9 Å². The summed E-state index contributed by atoms with van der Waals surface area (Å²) in [7, 11) is -4.55. The lowest BCUT2D eigenvalue weighted by atomic mass is 9.75. The van der Waals surface area contributed by atoms with E-state index in [-0.39, 0.29) is 48.9 Å². The number of nitrogens with zero attached hydrogens (tertiary/aromatic N) is 3. The minimum absolute atomic E-state index is 0.0128. The van der Waals surface area contributed by atoms with Crippen LogP contribution in [0.25, 0.3) is 0 Å². The Balaban J connectivity index is 1.34. The van der Waals surface area contributed by atoms with E-state index in [4.69, 9.17) is 19.7 Å². The van der Waals surface area contributed by atoms with Crippen LogP contribution in [0.15, 0.2) is 82.3 Å². The number of nitrogens with one attached hydrogen (secondary N) is 2. The fourth-order valence-electron chi connectivity index (χ4n) is 9.84. The van der Waals surface area contributed by atoms with Gasteiger partial charge in [-0.15, -0.1) is 13.7 Å². The van der Waals surface area contributed by atoms with E-state index in [0.29, 0.717) is 105 Å². The van der Waals surface area contributed by atoms with Crippen LogP contribution in [0.2, 0.25) is 0 Å². The summed E-state index contributed by atoms with van der Waals surface area (Å²) < 4.78 is 46.8. The molecule has 0 saturated carbocycles. The first kappa shape index (κ1) is 56.3. The maximum Gasteiger partial charge on any atom is 0.333 e. The van der Waals surface area contributed by atoms with Crippen molar-refractivity contribution < 1.29 is 75.6 Å². The van der Waals surface area contributed by atoms with Gasteiger partial charge in [0, 0.05) is 115 Å². The van der Waals surface area contributed by atoms with Gasteiger partial charge in [-0.05, 0) is 101 Å². The number of fused-ring (bicyclic) bond motifs is 5. The normalized spacial score (nSPS) is 23.3. The van der Waals surface area contributed by atoms with Gasteiger partial charge in [0.1, 0.15) is 6.54 Å². The molecule has 4 aliphatic rings. The number of allylic oxidation sites excluding steroid dienone is 6. The molecule has 20 nitrogen and oxygen atoms in total. The summed E-state index contributed by atoms with van der Waals surface area (Å²) in [6.07, 6.45) is 17.4. The van der Waals surface area contributed by atoms with E-state index in [2.05, 4.69) is 47.5 Å². The molecular formula is C49H64N5O15S3+. The molecule has 72 heavy (non-hydrogen) atoms. The highest BCUT2D eigenvalue weighted by atomic mass is 32.2. The van der Waals surface area contributed by atoms with Crippen LogP contribution in [0.3, 0.4) is 0 Å². The fraction of sp³-hybridized carbons (Fsp3) is 0.510. The second-order valence-corrected chi connectivity index (χ2v) is 21.3. The van der Waals surface area contributed by atoms with Crippen molar-refractivity contribution in [1.29, 1.82) is 0 Å². The highest BCUT2D eigenvalue weighted by Gasteiger charge is 2.48. The van der Waals surface area contributed by atoms with E-state index in [0.717, 1.165) is 65.3 Å². The van der Waals surface area contributed by atoms with Gasteiger partial charge >= 0.3 is 5.97 Å². The van der Waals surface area contributed by atoms with Crippen LogP contribution in [0.4, 0.5) is 11.4 Å². The van der Waals surface area contributed by atoms with Crippen LogP contribution in [0.1, 0.15) is 128 Å². The maximum absolute atomic E-state index is 12.8. The fourth-order valence-corrected chi connectivity index (χ4v) is 11.1. The van der Waals surface area contributed by atoms with Crippen LogP contribution < -0.4 is 15.5 Å². The number of carbonyl (C=O) groups excluding carboxylic acids is 5. The molecule has 2 aromatic rings. The Labute approximate surface area is 428 Å². The number of amides is 4. The number of unbranched alkanes of at least 4 members (excludes halogenated alkanes) is 2. The van der Waals surface area contributed by atoms with Gasteiger partial charge in [-0.1, -0.05) is 47.6 Å². The summed E-state index contributed by atoms with van der Waals surface area (Å²) in [5.74, 6) is -1.51. The summed E-state index contributed by atoms with van der Waals surface area (Å²) in [5.41, 5.74) is 3.94. The zero-order valence-electron chi connectivity index (χ0n) is 40.5. The van der Waals surface area contributed by atoms with E-state index < -0.39 is 38.7 Å². The van der Waals surface area contributed by atoms with E-state index in [1.807, 2.05) is 49.4 Å². The highest BCUT2D eigenvalue weighted by molar-refractivity contribution is 7.94. The van der Waals surface area contributed by atoms with Crippen molar-refractivity contribution in [3.05, 3.63) is 83.6 Å². The number of hydrogen-bond donors (Lipinski definition) is 5. The highest BCUT2D eigenvalue weighted by Crippen LogP contribution is 2.52. The molecule has 2 unspecified atom stereocenters. The molecule has 6 rings (SSSR count). The first-order valence-corrected chi connectivity index (χ1v) is 27.3. The number of rotatable bonds is 17. The van der Waals surface area contributed by atoms with Gasteiger partial charge in [0.25, 0.3) is 21.9 Å². The van der Waals surface area contributed by atoms with Gasteiger partial charge in [0.05, 0.1) is 22.4 Å². The molecule has 1 saturated heterocycles. The van der Waals surface area contributed by atoms with Gasteiger partial charge in [-0.25, -0.2) is 15.3 Å². The predicted molar refractivity (Wildman–Crippen MR) is 267 cm³/mol. The van der Waals surface area contributed by atoms with Gasteiger partial charge in [-0.3, -0.25) is 23.7 Å². The molecule has 2 aromatic carbocycles. The number of imide groups is 1. The molecule has 2 atom stereocenters. The topological polar surface area (TPSA) is 260 Å². The Hall–Kier alpha value is -4.95. The first-order chi connectivity index (χ1) is 34.6. The lowest BCUT2D eigenvalue weighted by Gasteiger charge is -2.30. The minimum Gasteiger partial charge on any atom is -0.354 e. The second-order valence-electron chi connectivity index (χ2n) is 18.3. The Morgan fingerprint density at radius 1 is 0.806 bits per heavy atom. The quantitative estimate of drug-likeness (QED) is 0.0192. The minimum atomic E-state index is -4.55. The lowest BCUT2D eigenvalue weighted by molar-refractivity contribution is -0.438. The Morgan fingerprint density at radius 3 is 2.24 bits per heavy atom. The van der Waals surface area contributed by atoms with Crippen molar-refractivity contribution in [1.82, 2.24) is 15.7 Å². The molecule has 0 aliphatic carbocycles. The van der Waals surface area contributed by atoms with Crippen molar-refractivity contribution in [3.63, 3.8) is 0 Å². The average Bonchev–Trinajstić information content (AvgIpc) is 3.88. The Bertz CT molecular complexity index is 2520. The van der Waals surface area contributed by atoms with Gasteiger partial charge in [0.15, 0.2) is 5.71 Å². The monoisotopic (exact) mass is 1060 g/mol. The molecule has 23 heteroatoms. The molecular weight excluding hydrogens is 995 g/mol. The van der Waals surface area contributed by atoms with Crippen molar-refractivity contribution in [2.45, 2.75) is 137 Å². The zero-order valence-corrected chi connectivity index (χ0v) is 43.0. The zero-order chi connectivity index (χ0) is 51.7. The number of hydroxylamine groups is 2. The largest absolute Gasteiger partial charge is 0.354 e. The van der Waals surface area contributed by atoms with Crippen LogP contribution in [-0.2, 0) is 68.5 Å². The third-order valence-electron chi connectivity index (χ3n) is 13.4. The van der Waals surface area contributed by atoms with Crippen molar-refractivity contribution in [2.24, 2.45) is 0 Å². The molecule has 5 N–H and O–H groups in total. The third-order valence-corrected chi connectivity index (χ3v) is 15.5. The molecule has 4 amide bonds. The molecule has 4 heterocycles. The second kappa shape index (κ2) is 26.8. The molecule has 392 valence electrons. The SMILES string of the molecule is CC1(CCCCCC(=O)ON2C(=O)CCC2=O)C2=[N+](CCCCCC(=O)NCCNC(=O)CCCCC3(C)/C(=C/C=C/C=C/2)N(CCCSOOO)c2ccc(S(=O)(=O)O)cc23)c2ccc(SOOO)cc21. The smallest absolute Gasteiger partial charge is 0.333 e. The van der Waals surface area contributed by atoms with Gasteiger partial charge < -0.3 is 20.4 Å². The van der Waals surface area contributed by atoms with E-state index in [1.54, 1.807) is 6.07 Å². The summed E-state index contributed by atoms with van der Waals surface area (Å²) in [6.45, 7) is 5.85. The standard InChI is InChI=1S/C49H63N5O15S3/c1-48(26-11-4-9-19-47(59)65-54-45(57)24-25-46(54)58)37-33-35(71-69-67-61)20-22-39(37)52-30-13-5-8-17-43(55)50-28-29-51-44(56)18-10-12-27-49(2)38-34-36(72(62,63)64)21-23-40(38)53(31-14-32-70-68-66-60)42(49)16-7-3-6-15-41(48)52/h3,6-7,15-16,20-23,33-34H,4-5,8-14,17-19,24-32H2,1-2H3,(H4-,50,51,55,56,60,61,62,63,64)/p+1. The number of anilines is 1. The first-order valence-electron chi connectivity index (χ1n) is 24.2.